The smallest absolute Gasteiger partial charge is 0.191 e. The molecule has 0 unspecified atom stereocenters. The van der Waals surface area contributed by atoms with Crippen LogP contribution >= 0.6 is 11.3 Å². The molecule has 0 bridgehead atoms. The monoisotopic (exact) mass is 372 g/mol. The molecule has 1 aliphatic carbocycles. The number of methoxy groups -OCH3 is 1. The number of rotatable bonds is 7. The van der Waals surface area contributed by atoms with E-state index in [2.05, 4.69) is 41.6 Å². The topological polar surface area (TPSA) is 58.5 Å². The van der Waals surface area contributed by atoms with Crippen LogP contribution in [0.1, 0.15) is 40.9 Å². The third-order valence-electron chi connectivity index (χ3n) is 4.85. The average molecular weight is 373 g/mol. The second-order valence-electron chi connectivity index (χ2n) is 6.77. The van der Waals surface area contributed by atoms with E-state index in [9.17, 15) is 0 Å². The van der Waals surface area contributed by atoms with Gasteiger partial charge in [-0.05, 0) is 39.7 Å². The first-order valence-electron chi connectivity index (χ1n) is 9.16. The zero-order chi connectivity index (χ0) is 18.6. The van der Waals surface area contributed by atoms with Crippen molar-refractivity contribution in [1.82, 2.24) is 15.6 Å². The minimum absolute atomic E-state index is 0.153. The number of hydrogen-bond acceptors (Lipinski definition) is 4. The molecule has 5 nitrogen and oxygen atoms in total. The number of benzene rings is 1. The molecule has 1 fully saturated rings. The number of aryl methyl sites for hydroxylation is 2. The molecule has 1 heterocycles. The van der Waals surface area contributed by atoms with E-state index < -0.39 is 0 Å². The number of aliphatic imine (C=N–C) groups is 1. The maximum Gasteiger partial charge on any atom is 0.191 e. The molecule has 1 aromatic carbocycles. The lowest BCUT2D eigenvalue weighted by Crippen LogP contribution is -2.41. The first-order valence-corrected chi connectivity index (χ1v) is 9.98. The van der Waals surface area contributed by atoms with Crippen molar-refractivity contribution >= 4 is 17.3 Å². The summed E-state index contributed by atoms with van der Waals surface area (Å²) in [6.07, 6.45) is 2.35. The van der Waals surface area contributed by atoms with Crippen LogP contribution in [0.3, 0.4) is 0 Å². The molecule has 0 saturated heterocycles. The predicted molar refractivity (Wildman–Crippen MR) is 108 cm³/mol. The fraction of sp³-hybridized carbons (Fsp3) is 0.500. The van der Waals surface area contributed by atoms with Gasteiger partial charge in [-0.15, -0.1) is 11.3 Å². The molecule has 0 spiro atoms. The van der Waals surface area contributed by atoms with E-state index >= 15 is 0 Å². The third-order valence-corrected chi connectivity index (χ3v) is 5.91. The molecule has 0 radical (unpaired) electrons. The summed E-state index contributed by atoms with van der Waals surface area (Å²) in [4.78, 5) is 10.5. The summed E-state index contributed by atoms with van der Waals surface area (Å²) in [5.74, 6) is 1.84. The van der Waals surface area contributed by atoms with Gasteiger partial charge in [0, 0.05) is 28.9 Å². The van der Waals surface area contributed by atoms with E-state index in [-0.39, 0.29) is 5.41 Å². The van der Waals surface area contributed by atoms with Crippen LogP contribution in [0.25, 0.3) is 0 Å². The molecule has 140 valence electrons. The van der Waals surface area contributed by atoms with E-state index in [1.54, 1.807) is 18.4 Å². The van der Waals surface area contributed by atoms with Gasteiger partial charge in [0.15, 0.2) is 5.96 Å². The van der Waals surface area contributed by atoms with E-state index in [0.29, 0.717) is 6.54 Å². The largest absolute Gasteiger partial charge is 0.496 e. The van der Waals surface area contributed by atoms with E-state index in [1.807, 2.05) is 19.1 Å². The molecule has 1 saturated carbocycles. The van der Waals surface area contributed by atoms with E-state index in [1.165, 1.54) is 23.3 Å². The summed E-state index contributed by atoms with van der Waals surface area (Å²) in [5.41, 5.74) is 2.53. The minimum Gasteiger partial charge on any atom is -0.496 e. The van der Waals surface area contributed by atoms with Gasteiger partial charge in [-0.1, -0.05) is 18.2 Å². The normalized spacial score (nSPS) is 15.6. The fourth-order valence-corrected chi connectivity index (χ4v) is 4.10. The summed E-state index contributed by atoms with van der Waals surface area (Å²) >= 11 is 1.72. The van der Waals surface area contributed by atoms with Crippen molar-refractivity contribution in [2.75, 3.05) is 20.2 Å². The molecule has 26 heavy (non-hydrogen) atoms. The predicted octanol–water partition coefficient (Wildman–Crippen LogP) is 3.56. The summed E-state index contributed by atoms with van der Waals surface area (Å²) < 4.78 is 5.57. The van der Waals surface area contributed by atoms with Crippen LogP contribution in [0.15, 0.2) is 29.3 Å². The maximum atomic E-state index is 5.57. The molecular formula is C20H28N4OS. The van der Waals surface area contributed by atoms with Gasteiger partial charge in [0.1, 0.15) is 5.75 Å². The molecule has 1 aromatic heterocycles. The highest BCUT2D eigenvalue weighted by Crippen LogP contribution is 2.50. The highest BCUT2D eigenvalue weighted by Gasteiger charge is 2.46. The molecule has 1 aliphatic rings. The van der Waals surface area contributed by atoms with Crippen molar-refractivity contribution in [2.45, 2.75) is 45.6 Å². The molecule has 2 aromatic rings. The lowest BCUT2D eigenvalue weighted by molar-refractivity contribution is 0.403. The lowest BCUT2D eigenvalue weighted by atomic mass is 9.95. The first kappa shape index (κ1) is 18.7. The fourth-order valence-electron chi connectivity index (χ4n) is 3.24. The summed E-state index contributed by atoms with van der Waals surface area (Å²) in [7, 11) is 1.74. The molecule has 3 rings (SSSR count). The minimum atomic E-state index is 0.153. The molecule has 0 amide bonds. The number of ether oxygens (including phenoxy) is 1. The van der Waals surface area contributed by atoms with Crippen molar-refractivity contribution in [3.8, 4) is 5.75 Å². The van der Waals surface area contributed by atoms with Crippen molar-refractivity contribution in [1.29, 1.82) is 0 Å². The maximum absolute atomic E-state index is 5.57. The quantitative estimate of drug-likeness (QED) is 0.576. The van der Waals surface area contributed by atoms with Crippen LogP contribution in [0.5, 0.6) is 5.75 Å². The Bertz CT molecular complexity index is 780. The van der Waals surface area contributed by atoms with E-state index in [0.717, 1.165) is 35.5 Å². The molecular weight excluding hydrogens is 344 g/mol. The van der Waals surface area contributed by atoms with Crippen LogP contribution in [0.4, 0.5) is 0 Å². The SMILES string of the molecule is CCNC(=NCc1sc(C)nc1C)NCC1(c2ccccc2OC)CC1. The molecule has 6 heteroatoms. The van der Waals surface area contributed by atoms with Gasteiger partial charge in [0.2, 0.25) is 0 Å². The third kappa shape index (κ3) is 4.18. The molecule has 0 atom stereocenters. The van der Waals surface area contributed by atoms with Crippen molar-refractivity contribution in [3.05, 3.63) is 45.4 Å². The highest BCUT2D eigenvalue weighted by molar-refractivity contribution is 7.11. The Balaban J connectivity index is 1.68. The summed E-state index contributed by atoms with van der Waals surface area (Å²) in [6.45, 7) is 8.54. The van der Waals surface area contributed by atoms with Crippen LogP contribution in [0.2, 0.25) is 0 Å². The second-order valence-corrected chi connectivity index (χ2v) is 8.06. The van der Waals surface area contributed by atoms with Crippen LogP contribution < -0.4 is 15.4 Å². The lowest BCUT2D eigenvalue weighted by Gasteiger charge is -2.21. The summed E-state index contributed by atoms with van der Waals surface area (Å²) in [6, 6.07) is 8.34. The highest BCUT2D eigenvalue weighted by atomic mass is 32.1. The van der Waals surface area contributed by atoms with Crippen LogP contribution in [0, 0.1) is 13.8 Å². The van der Waals surface area contributed by atoms with Crippen molar-refractivity contribution in [3.63, 3.8) is 0 Å². The number of hydrogen-bond donors (Lipinski definition) is 2. The number of para-hydroxylation sites is 1. The van der Waals surface area contributed by atoms with Crippen LogP contribution in [-0.4, -0.2) is 31.1 Å². The molecule has 0 aliphatic heterocycles. The van der Waals surface area contributed by atoms with Crippen molar-refractivity contribution in [2.24, 2.45) is 4.99 Å². The van der Waals surface area contributed by atoms with Gasteiger partial charge in [0.05, 0.1) is 24.4 Å². The van der Waals surface area contributed by atoms with Gasteiger partial charge < -0.3 is 15.4 Å². The van der Waals surface area contributed by atoms with Crippen LogP contribution in [-0.2, 0) is 12.0 Å². The standard InChI is InChI=1S/C20H28N4OS/c1-5-21-19(22-12-18-14(2)24-15(3)26-18)23-13-20(10-11-20)16-8-6-7-9-17(16)25-4/h6-9H,5,10-13H2,1-4H3,(H2,21,22,23). The van der Waals surface area contributed by atoms with Crippen molar-refractivity contribution < 1.29 is 4.74 Å². The number of aromatic nitrogens is 1. The number of nitrogens with zero attached hydrogens (tertiary/aromatic N) is 2. The van der Waals surface area contributed by atoms with Gasteiger partial charge in [-0.3, -0.25) is 0 Å². The van der Waals surface area contributed by atoms with Gasteiger partial charge in [-0.2, -0.15) is 0 Å². The Morgan fingerprint density at radius 1 is 1.27 bits per heavy atom. The average Bonchev–Trinajstić information content (AvgIpc) is 3.36. The number of nitrogens with one attached hydrogen (secondary N) is 2. The Labute approximate surface area is 159 Å². The number of guanidine groups is 1. The van der Waals surface area contributed by atoms with Gasteiger partial charge in [0.25, 0.3) is 0 Å². The van der Waals surface area contributed by atoms with Gasteiger partial charge >= 0.3 is 0 Å². The van der Waals surface area contributed by atoms with Gasteiger partial charge in [-0.25, -0.2) is 9.98 Å². The van der Waals surface area contributed by atoms with E-state index in [4.69, 9.17) is 9.73 Å². The zero-order valence-corrected chi connectivity index (χ0v) is 16.9. The number of thiazole rings is 1. The Morgan fingerprint density at radius 2 is 2.04 bits per heavy atom. The second kappa shape index (κ2) is 8.08. The first-order chi connectivity index (χ1) is 12.6. The Hall–Kier alpha value is -2.08. The zero-order valence-electron chi connectivity index (χ0n) is 16.1. The molecule has 2 N–H and O–H groups in total. The summed E-state index contributed by atoms with van der Waals surface area (Å²) in [5, 5.41) is 7.98. The Kier molecular flexibility index (Phi) is 5.81. The Morgan fingerprint density at radius 3 is 2.65 bits per heavy atom.